The number of hydrogen-bond donors (Lipinski definition) is 1. The van der Waals surface area contributed by atoms with Gasteiger partial charge in [-0.2, -0.15) is 0 Å². The van der Waals surface area contributed by atoms with Crippen LogP contribution >= 0.6 is 0 Å². The quantitative estimate of drug-likeness (QED) is 0.631. The molecule has 2 aromatic rings. The maximum absolute atomic E-state index is 11.4. The van der Waals surface area contributed by atoms with Crippen molar-refractivity contribution in [3.05, 3.63) is 53.6 Å². The second-order valence-corrected chi connectivity index (χ2v) is 3.67. The molecule has 2 N–H and O–H groups in total. The first-order valence-corrected chi connectivity index (χ1v) is 5.14. The number of carbonyl (C=O) groups excluding carboxylic acids is 1. The standard InChI is InChI=1S/C12H13N3O2/c1-17-12(16)11-6-10(8-15(11)13)5-9-3-2-4-14-7-9/h2-4,6-8H,5,13H2,1H3. The van der Waals surface area contributed by atoms with Gasteiger partial charge >= 0.3 is 5.97 Å². The maximum atomic E-state index is 11.4. The topological polar surface area (TPSA) is 70.1 Å². The van der Waals surface area contributed by atoms with E-state index in [1.54, 1.807) is 24.7 Å². The van der Waals surface area contributed by atoms with Crippen molar-refractivity contribution in [3.8, 4) is 0 Å². The van der Waals surface area contributed by atoms with E-state index in [9.17, 15) is 4.79 Å². The van der Waals surface area contributed by atoms with Crippen molar-refractivity contribution in [2.75, 3.05) is 13.0 Å². The Hall–Kier alpha value is -2.30. The summed E-state index contributed by atoms with van der Waals surface area (Å²) in [6, 6.07) is 5.56. The lowest BCUT2D eigenvalue weighted by molar-refractivity contribution is 0.0591. The first kappa shape index (κ1) is 11.2. The van der Waals surface area contributed by atoms with Crippen molar-refractivity contribution in [1.82, 2.24) is 9.66 Å². The van der Waals surface area contributed by atoms with Crippen LogP contribution in [0, 0.1) is 0 Å². The lowest BCUT2D eigenvalue weighted by Gasteiger charge is -1.98. The van der Waals surface area contributed by atoms with Gasteiger partial charge in [-0.05, 0) is 23.3 Å². The predicted molar refractivity (Wildman–Crippen MR) is 63.0 cm³/mol. The van der Waals surface area contributed by atoms with Gasteiger partial charge in [0.1, 0.15) is 5.69 Å². The van der Waals surface area contributed by atoms with Gasteiger partial charge in [-0.15, -0.1) is 0 Å². The highest BCUT2D eigenvalue weighted by Gasteiger charge is 2.12. The van der Waals surface area contributed by atoms with Crippen LogP contribution < -0.4 is 5.84 Å². The van der Waals surface area contributed by atoms with E-state index in [0.29, 0.717) is 12.1 Å². The molecule has 0 aromatic carbocycles. The molecule has 2 rings (SSSR count). The molecule has 0 spiro atoms. The molecule has 0 aliphatic carbocycles. The number of esters is 1. The van der Waals surface area contributed by atoms with E-state index >= 15 is 0 Å². The minimum Gasteiger partial charge on any atom is -0.464 e. The molecule has 0 amide bonds. The molecular weight excluding hydrogens is 218 g/mol. The second-order valence-electron chi connectivity index (χ2n) is 3.67. The Morgan fingerprint density at radius 2 is 2.35 bits per heavy atom. The number of pyridine rings is 1. The van der Waals surface area contributed by atoms with E-state index in [1.807, 2.05) is 12.1 Å². The highest BCUT2D eigenvalue weighted by Crippen LogP contribution is 2.12. The Labute approximate surface area is 98.8 Å². The van der Waals surface area contributed by atoms with Crippen LogP contribution in [0.25, 0.3) is 0 Å². The zero-order valence-corrected chi connectivity index (χ0v) is 9.46. The molecule has 2 heterocycles. The lowest BCUT2D eigenvalue weighted by Crippen LogP contribution is -2.15. The van der Waals surface area contributed by atoms with Gasteiger partial charge in [-0.25, -0.2) is 4.79 Å². The van der Waals surface area contributed by atoms with E-state index in [1.165, 1.54) is 11.8 Å². The van der Waals surface area contributed by atoms with Crippen LogP contribution in [0.2, 0.25) is 0 Å². The third-order valence-corrected chi connectivity index (χ3v) is 2.43. The molecule has 0 aliphatic heterocycles. The van der Waals surface area contributed by atoms with Crippen molar-refractivity contribution in [2.24, 2.45) is 0 Å². The molecule has 0 unspecified atom stereocenters. The van der Waals surface area contributed by atoms with Crippen LogP contribution in [0.4, 0.5) is 0 Å². The van der Waals surface area contributed by atoms with Crippen LogP contribution in [-0.2, 0) is 11.2 Å². The van der Waals surface area contributed by atoms with Crippen LogP contribution in [0.1, 0.15) is 21.6 Å². The van der Waals surface area contributed by atoms with Crippen molar-refractivity contribution < 1.29 is 9.53 Å². The fourth-order valence-electron chi connectivity index (χ4n) is 1.64. The Balaban J connectivity index is 2.21. The van der Waals surface area contributed by atoms with Gasteiger partial charge < -0.3 is 10.6 Å². The number of aromatic nitrogens is 2. The van der Waals surface area contributed by atoms with Gasteiger partial charge in [0, 0.05) is 25.0 Å². The summed E-state index contributed by atoms with van der Waals surface area (Å²) in [6.07, 6.45) is 5.89. The van der Waals surface area contributed by atoms with Gasteiger partial charge in [0.25, 0.3) is 0 Å². The van der Waals surface area contributed by atoms with E-state index < -0.39 is 5.97 Å². The third kappa shape index (κ3) is 2.44. The summed E-state index contributed by atoms with van der Waals surface area (Å²) in [6.45, 7) is 0. The van der Waals surface area contributed by atoms with Crippen molar-refractivity contribution in [2.45, 2.75) is 6.42 Å². The zero-order chi connectivity index (χ0) is 12.3. The first-order chi connectivity index (χ1) is 8.20. The highest BCUT2D eigenvalue weighted by molar-refractivity contribution is 5.88. The molecule has 88 valence electrons. The Kier molecular flexibility index (Phi) is 3.09. The van der Waals surface area contributed by atoms with E-state index in [2.05, 4.69) is 9.72 Å². The van der Waals surface area contributed by atoms with E-state index in [4.69, 9.17) is 5.84 Å². The molecule has 0 atom stereocenters. The normalized spacial score (nSPS) is 10.2. The molecule has 0 bridgehead atoms. The predicted octanol–water partition coefficient (Wildman–Crippen LogP) is 0.974. The monoisotopic (exact) mass is 231 g/mol. The minimum atomic E-state index is -0.440. The molecule has 5 nitrogen and oxygen atoms in total. The lowest BCUT2D eigenvalue weighted by atomic mass is 10.1. The van der Waals surface area contributed by atoms with Crippen LogP contribution in [0.5, 0.6) is 0 Å². The summed E-state index contributed by atoms with van der Waals surface area (Å²) in [5, 5.41) is 0. The van der Waals surface area contributed by atoms with Crippen molar-refractivity contribution in [1.29, 1.82) is 0 Å². The molecule has 0 radical (unpaired) electrons. The Bertz CT molecular complexity index is 520. The summed E-state index contributed by atoms with van der Waals surface area (Å²) >= 11 is 0. The van der Waals surface area contributed by atoms with Crippen LogP contribution in [0.15, 0.2) is 36.8 Å². The fourth-order valence-corrected chi connectivity index (χ4v) is 1.64. The van der Waals surface area contributed by atoms with Gasteiger partial charge in [0.2, 0.25) is 0 Å². The summed E-state index contributed by atoms with van der Waals surface area (Å²) in [5.41, 5.74) is 2.35. The summed E-state index contributed by atoms with van der Waals surface area (Å²) in [5.74, 6) is 5.23. The zero-order valence-electron chi connectivity index (χ0n) is 9.46. The van der Waals surface area contributed by atoms with E-state index in [0.717, 1.165) is 11.1 Å². The minimum absolute atomic E-state index is 0.339. The van der Waals surface area contributed by atoms with Crippen molar-refractivity contribution in [3.63, 3.8) is 0 Å². The number of methoxy groups -OCH3 is 1. The molecule has 0 aliphatic rings. The third-order valence-electron chi connectivity index (χ3n) is 2.43. The largest absolute Gasteiger partial charge is 0.464 e. The van der Waals surface area contributed by atoms with Gasteiger partial charge in [0.15, 0.2) is 0 Å². The maximum Gasteiger partial charge on any atom is 0.356 e. The van der Waals surface area contributed by atoms with E-state index in [-0.39, 0.29) is 0 Å². The molecular formula is C12H13N3O2. The summed E-state index contributed by atoms with van der Waals surface area (Å²) < 4.78 is 5.90. The molecule has 17 heavy (non-hydrogen) atoms. The number of nitrogens with zero attached hydrogens (tertiary/aromatic N) is 2. The molecule has 0 saturated carbocycles. The fraction of sp³-hybridized carbons (Fsp3) is 0.167. The molecule has 0 fully saturated rings. The summed E-state index contributed by atoms with van der Waals surface area (Å²) in [4.78, 5) is 15.4. The number of carbonyl (C=O) groups is 1. The van der Waals surface area contributed by atoms with Gasteiger partial charge in [0.05, 0.1) is 7.11 Å². The number of nitrogens with two attached hydrogens (primary N) is 1. The number of ether oxygens (including phenoxy) is 1. The average molecular weight is 231 g/mol. The molecule has 5 heteroatoms. The van der Waals surface area contributed by atoms with Crippen molar-refractivity contribution >= 4 is 5.97 Å². The molecule has 0 saturated heterocycles. The second kappa shape index (κ2) is 4.69. The van der Waals surface area contributed by atoms with Gasteiger partial charge in [-0.1, -0.05) is 6.07 Å². The number of nitrogen functional groups attached to an aromatic ring is 1. The van der Waals surface area contributed by atoms with Crippen LogP contribution in [-0.4, -0.2) is 22.7 Å². The Morgan fingerprint density at radius 1 is 1.53 bits per heavy atom. The smallest absolute Gasteiger partial charge is 0.356 e. The Morgan fingerprint density at radius 3 is 3.00 bits per heavy atom. The highest BCUT2D eigenvalue weighted by atomic mass is 16.5. The SMILES string of the molecule is COC(=O)c1cc(Cc2cccnc2)cn1N. The number of hydrogen-bond acceptors (Lipinski definition) is 4. The van der Waals surface area contributed by atoms with Crippen LogP contribution in [0.3, 0.4) is 0 Å². The average Bonchev–Trinajstić information content (AvgIpc) is 2.70. The van der Waals surface area contributed by atoms with Gasteiger partial charge in [-0.3, -0.25) is 9.66 Å². The first-order valence-electron chi connectivity index (χ1n) is 5.14. The number of rotatable bonds is 3. The summed E-state index contributed by atoms with van der Waals surface area (Å²) in [7, 11) is 1.33. The molecule has 2 aromatic heterocycles.